The minimum atomic E-state index is -0.244. The van der Waals surface area contributed by atoms with Crippen molar-refractivity contribution in [2.45, 2.75) is 0 Å². The van der Waals surface area contributed by atoms with E-state index in [0.29, 0.717) is 36.2 Å². The van der Waals surface area contributed by atoms with E-state index in [1.807, 2.05) is 6.07 Å². The lowest BCUT2D eigenvalue weighted by Gasteiger charge is -2.09. The smallest absolute Gasteiger partial charge is 0.256 e. The zero-order chi connectivity index (χ0) is 17.5. The Kier molecular flexibility index (Phi) is 5.15. The van der Waals surface area contributed by atoms with Crippen LogP contribution in [0.15, 0.2) is 48.9 Å². The van der Waals surface area contributed by atoms with Crippen LogP contribution in [0.25, 0.3) is 5.82 Å². The fourth-order valence-electron chi connectivity index (χ4n) is 2.13. The van der Waals surface area contributed by atoms with Gasteiger partial charge in [-0.15, -0.1) is 10.2 Å². The van der Waals surface area contributed by atoms with Gasteiger partial charge in [-0.25, -0.2) is 9.67 Å². The van der Waals surface area contributed by atoms with Crippen LogP contribution >= 0.6 is 0 Å². The third-order valence-electron chi connectivity index (χ3n) is 3.32. The van der Waals surface area contributed by atoms with Gasteiger partial charge in [0, 0.05) is 31.7 Å². The number of hydrogen-bond acceptors (Lipinski definition) is 7. The van der Waals surface area contributed by atoms with Crippen molar-refractivity contribution in [3.8, 4) is 11.7 Å². The third kappa shape index (κ3) is 4.08. The molecule has 0 unspecified atom stereocenters. The molecule has 9 nitrogen and oxygen atoms in total. The summed E-state index contributed by atoms with van der Waals surface area (Å²) in [5.41, 5.74) is 0.397. The Labute approximate surface area is 144 Å². The number of hydrogen-bond donors (Lipinski definition) is 2. The number of carbonyl (C=O) groups is 1. The largest absolute Gasteiger partial charge is 0.480 e. The first-order valence-electron chi connectivity index (χ1n) is 7.63. The van der Waals surface area contributed by atoms with Crippen molar-refractivity contribution in [1.82, 2.24) is 30.3 Å². The zero-order valence-corrected chi connectivity index (χ0v) is 13.6. The summed E-state index contributed by atoms with van der Waals surface area (Å²) in [5.74, 6) is 1.30. The van der Waals surface area contributed by atoms with E-state index in [9.17, 15) is 4.79 Å². The van der Waals surface area contributed by atoms with E-state index in [1.54, 1.807) is 47.5 Å². The maximum atomic E-state index is 12.1. The highest BCUT2D eigenvalue weighted by molar-refractivity contribution is 5.96. The molecule has 0 spiro atoms. The molecule has 3 rings (SSSR count). The minimum absolute atomic E-state index is 0.244. The molecule has 1 amide bonds. The molecule has 3 aromatic rings. The fourth-order valence-corrected chi connectivity index (χ4v) is 2.13. The second kappa shape index (κ2) is 7.86. The van der Waals surface area contributed by atoms with Crippen LogP contribution in [0.2, 0.25) is 0 Å². The Hall–Kier alpha value is -3.49. The first-order valence-corrected chi connectivity index (χ1v) is 7.63. The molecule has 0 radical (unpaired) electrons. The normalized spacial score (nSPS) is 10.3. The Morgan fingerprint density at radius 3 is 2.80 bits per heavy atom. The summed E-state index contributed by atoms with van der Waals surface area (Å²) in [4.78, 5) is 16.1. The molecule has 0 fully saturated rings. The Bertz CT molecular complexity index is 819. The summed E-state index contributed by atoms with van der Waals surface area (Å²) in [7, 11) is 1.48. The number of nitrogens with zero attached hydrogens (tertiary/aromatic N) is 5. The number of methoxy groups -OCH3 is 1. The minimum Gasteiger partial charge on any atom is -0.480 e. The molecule has 0 bridgehead atoms. The van der Waals surface area contributed by atoms with Crippen LogP contribution < -0.4 is 15.4 Å². The predicted molar refractivity (Wildman–Crippen MR) is 90.8 cm³/mol. The Morgan fingerprint density at radius 1 is 1.16 bits per heavy atom. The topological polar surface area (TPSA) is 107 Å². The van der Waals surface area contributed by atoms with Crippen molar-refractivity contribution < 1.29 is 9.53 Å². The summed E-state index contributed by atoms with van der Waals surface area (Å²) in [6.07, 6.45) is 5.04. The standard InChI is InChI=1S/C16H17N7O2/c1-25-16-12(4-2-7-19-16)15(24)18-10-9-17-13-5-6-14(22-21-13)23-11-3-8-20-23/h2-8,11H,9-10H2,1H3,(H,17,21)(H,18,24). The zero-order valence-electron chi connectivity index (χ0n) is 13.6. The molecule has 3 aromatic heterocycles. The van der Waals surface area contributed by atoms with Gasteiger partial charge in [0.05, 0.1) is 7.11 Å². The van der Waals surface area contributed by atoms with Crippen LogP contribution in [0.3, 0.4) is 0 Å². The molecule has 0 aliphatic carbocycles. The van der Waals surface area contributed by atoms with E-state index in [2.05, 4.69) is 30.9 Å². The van der Waals surface area contributed by atoms with Gasteiger partial charge in [-0.05, 0) is 30.3 Å². The van der Waals surface area contributed by atoms with Crippen LogP contribution in [0.1, 0.15) is 10.4 Å². The van der Waals surface area contributed by atoms with Crippen LogP contribution in [-0.4, -0.2) is 51.1 Å². The molecule has 0 saturated carbocycles. The van der Waals surface area contributed by atoms with Gasteiger partial charge in [0.2, 0.25) is 5.88 Å². The van der Waals surface area contributed by atoms with Crippen molar-refractivity contribution in [2.75, 3.05) is 25.5 Å². The second-order valence-corrected chi connectivity index (χ2v) is 4.97. The quantitative estimate of drug-likeness (QED) is 0.616. The Balaban J connectivity index is 1.47. The van der Waals surface area contributed by atoms with Gasteiger partial charge >= 0.3 is 0 Å². The van der Waals surface area contributed by atoms with Gasteiger partial charge in [-0.1, -0.05) is 0 Å². The average Bonchev–Trinajstić information content (AvgIpc) is 3.20. The van der Waals surface area contributed by atoms with E-state index in [0.717, 1.165) is 0 Å². The van der Waals surface area contributed by atoms with Crippen LogP contribution in [0.5, 0.6) is 5.88 Å². The molecule has 0 atom stereocenters. The predicted octanol–water partition coefficient (Wildman–Crippen LogP) is 0.908. The molecule has 9 heteroatoms. The molecule has 25 heavy (non-hydrogen) atoms. The van der Waals surface area contributed by atoms with Crippen molar-refractivity contribution in [2.24, 2.45) is 0 Å². The van der Waals surface area contributed by atoms with E-state index in [-0.39, 0.29) is 5.91 Å². The molecule has 0 aliphatic heterocycles. The molecule has 0 aliphatic rings. The summed E-state index contributed by atoms with van der Waals surface area (Å²) in [5, 5.41) is 18.1. The number of ether oxygens (including phenoxy) is 1. The van der Waals surface area contributed by atoms with Crippen LogP contribution in [-0.2, 0) is 0 Å². The number of rotatable bonds is 7. The highest BCUT2D eigenvalue weighted by Gasteiger charge is 2.11. The van der Waals surface area contributed by atoms with Crippen LogP contribution in [0.4, 0.5) is 5.82 Å². The van der Waals surface area contributed by atoms with Gasteiger partial charge in [0.1, 0.15) is 11.4 Å². The van der Waals surface area contributed by atoms with Crippen molar-refractivity contribution >= 4 is 11.7 Å². The Morgan fingerprint density at radius 2 is 2.08 bits per heavy atom. The molecule has 0 aromatic carbocycles. The maximum Gasteiger partial charge on any atom is 0.256 e. The monoisotopic (exact) mass is 339 g/mol. The summed E-state index contributed by atoms with van der Waals surface area (Å²) in [6.45, 7) is 0.920. The summed E-state index contributed by atoms with van der Waals surface area (Å²) >= 11 is 0. The van der Waals surface area contributed by atoms with Crippen molar-refractivity contribution in [1.29, 1.82) is 0 Å². The average molecular weight is 339 g/mol. The number of carbonyl (C=O) groups excluding carboxylic acids is 1. The van der Waals surface area contributed by atoms with Gasteiger partial charge in [0.15, 0.2) is 5.82 Å². The molecular formula is C16H17N7O2. The lowest BCUT2D eigenvalue weighted by Crippen LogP contribution is -2.29. The lowest BCUT2D eigenvalue weighted by molar-refractivity contribution is 0.0951. The van der Waals surface area contributed by atoms with Crippen molar-refractivity contribution in [3.05, 3.63) is 54.5 Å². The molecule has 2 N–H and O–H groups in total. The summed E-state index contributed by atoms with van der Waals surface area (Å²) in [6, 6.07) is 8.77. The highest BCUT2D eigenvalue weighted by Crippen LogP contribution is 2.12. The SMILES string of the molecule is COc1ncccc1C(=O)NCCNc1ccc(-n2cccn2)nn1. The van der Waals surface area contributed by atoms with Gasteiger partial charge in [-0.3, -0.25) is 4.79 Å². The molecular weight excluding hydrogens is 322 g/mol. The molecule has 3 heterocycles. The number of pyridine rings is 1. The van der Waals surface area contributed by atoms with E-state index in [4.69, 9.17) is 4.74 Å². The fraction of sp³-hybridized carbons (Fsp3) is 0.188. The lowest BCUT2D eigenvalue weighted by atomic mass is 10.2. The molecule has 128 valence electrons. The first-order chi connectivity index (χ1) is 12.3. The van der Waals surface area contributed by atoms with Crippen molar-refractivity contribution in [3.63, 3.8) is 0 Å². The third-order valence-corrected chi connectivity index (χ3v) is 3.32. The maximum absolute atomic E-state index is 12.1. The first kappa shape index (κ1) is 16.4. The van der Waals surface area contributed by atoms with Crippen LogP contribution in [0, 0.1) is 0 Å². The van der Waals surface area contributed by atoms with Gasteiger partial charge in [-0.2, -0.15) is 5.10 Å². The number of anilines is 1. The van der Waals surface area contributed by atoms with E-state index < -0.39 is 0 Å². The van der Waals surface area contributed by atoms with Gasteiger partial charge in [0.25, 0.3) is 5.91 Å². The number of amides is 1. The van der Waals surface area contributed by atoms with E-state index in [1.165, 1.54) is 7.11 Å². The molecule has 0 saturated heterocycles. The highest BCUT2D eigenvalue weighted by atomic mass is 16.5. The number of aromatic nitrogens is 5. The summed E-state index contributed by atoms with van der Waals surface area (Å²) < 4.78 is 6.69. The number of nitrogens with one attached hydrogen (secondary N) is 2. The second-order valence-electron chi connectivity index (χ2n) is 4.97. The van der Waals surface area contributed by atoms with E-state index >= 15 is 0 Å². The van der Waals surface area contributed by atoms with Gasteiger partial charge < -0.3 is 15.4 Å².